The molecule has 0 bridgehead atoms. The van der Waals surface area contributed by atoms with Crippen LogP contribution < -0.4 is 11.5 Å². The van der Waals surface area contributed by atoms with E-state index >= 15 is 0 Å². The van der Waals surface area contributed by atoms with Crippen molar-refractivity contribution >= 4 is 7.82 Å². The Morgan fingerprint density at radius 1 is 0.680 bits per heavy atom. The van der Waals surface area contributed by atoms with E-state index in [1.54, 1.807) is 0 Å². The number of phosphoric acid groups is 1. The summed E-state index contributed by atoms with van der Waals surface area (Å²) in [5.74, 6) is 0. The zero-order valence-electron chi connectivity index (χ0n) is 15.0. The lowest BCUT2D eigenvalue weighted by atomic mass is 9.91. The molecule has 0 heterocycles. The third-order valence-electron chi connectivity index (χ3n) is 3.64. The fourth-order valence-electron chi connectivity index (χ4n) is 2.82. The van der Waals surface area contributed by atoms with E-state index < -0.39 is 7.82 Å². The summed E-state index contributed by atoms with van der Waals surface area (Å²) in [6.45, 7) is 8.36. The van der Waals surface area contributed by atoms with Crippen LogP contribution in [0.3, 0.4) is 0 Å². The largest absolute Gasteiger partial charge is 0.466 e. The van der Waals surface area contributed by atoms with E-state index in [-0.39, 0.29) is 12.1 Å². The minimum atomic E-state index is -4.64. The van der Waals surface area contributed by atoms with Crippen molar-refractivity contribution in [2.24, 2.45) is 11.5 Å². The predicted octanol–water partition coefficient (Wildman–Crippen LogP) is 2.69. The summed E-state index contributed by atoms with van der Waals surface area (Å²) in [4.78, 5) is 21.6. The number of hydrogen-bond donors (Lipinski definition) is 5. The Hall–Kier alpha value is -1.53. The summed E-state index contributed by atoms with van der Waals surface area (Å²) in [5.41, 5.74) is 19.9. The highest BCUT2D eigenvalue weighted by molar-refractivity contribution is 7.45. The van der Waals surface area contributed by atoms with Gasteiger partial charge in [-0.2, -0.15) is 0 Å². The molecule has 0 saturated heterocycles. The van der Waals surface area contributed by atoms with Crippen LogP contribution in [0.5, 0.6) is 0 Å². The van der Waals surface area contributed by atoms with Gasteiger partial charge in [0, 0.05) is 12.1 Å². The third kappa shape index (κ3) is 7.92. The maximum atomic E-state index is 8.88. The molecule has 25 heavy (non-hydrogen) atoms. The van der Waals surface area contributed by atoms with E-state index in [9.17, 15) is 0 Å². The van der Waals surface area contributed by atoms with Gasteiger partial charge >= 0.3 is 7.82 Å². The molecular formula is C18H27N2O4P. The number of nitrogens with two attached hydrogens (primary N) is 2. The quantitative estimate of drug-likeness (QED) is 0.531. The highest BCUT2D eigenvalue weighted by Crippen LogP contribution is 2.27. The van der Waals surface area contributed by atoms with Crippen LogP contribution in [-0.4, -0.2) is 14.7 Å². The summed E-state index contributed by atoms with van der Waals surface area (Å²) in [7, 11) is -4.64. The van der Waals surface area contributed by atoms with E-state index in [0.29, 0.717) is 0 Å². The lowest BCUT2D eigenvalue weighted by Crippen LogP contribution is -2.26. The second-order valence-corrected chi connectivity index (χ2v) is 7.43. The minimum absolute atomic E-state index is 0.185. The van der Waals surface area contributed by atoms with E-state index in [4.69, 9.17) is 30.7 Å². The van der Waals surface area contributed by atoms with Gasteiger partial charge in [0.25, 0.3) is 0 Å². The molecule has 2 rings (SSSR count). The van der Waals surface area contributed by atoms with Gasteiger partial charge in [-0.05, 0) is 38.8 Å². The van der Waals surface area contributed by atoms with Crippen LogP contribution in [0.1, 0.15) is 45.5 Å². The van der Waals surface area contributed by atoms with Crippen LogP contribution in [0.15, 0.2) is 36.4 Å². The van der Waals surface area contributed by atoms with Gasteiger partial charge in [-0.25, -0.2) is 4.57 Å². The lowest BCUT2D eigenvalue weighted by molar-refractivity contribution is 0.275. The van der Waals surface area contributed by atoms with Crippen LogP contribution in [0.2, 0.25) is 0 Å². The van der Waals surface area contributed by atoms with Crippen molar-refractivity contribution in [2.75, 3.05) is 0 Å². The Kier molecular flexibility index (Phi) is 7.50. The van der Waals surface area contributed by atoms with E-state index in [1.165, 1.54) is 22.3 Å². The predicted molar refractivity (Wildman–Crippen MR) is 100.0 cm³/mol. The summed E-state index contributed by atoms with van der Waals surface area (Å²) in [5, 5.41) is 0. The van der Waals surface area contributed by atoms with Crippen molar-refractivity contribution in [1.82, 2.24) is 0 Å². The molecule has 0 aliphatic carbocycles. The zero-order valence-corrected chi connectivity index (χ0v) is 15.9. The smallest absolute Gasteiger partial charge is 0.322 e. The highest BCUT2D eigenvalue weighted by atomic mass is 31.2. The molecule has 2 atom stereocenters. The second-order valence-electron chi connectivity index (χ2n) is 6.41. The average Bonchev–Trinajstić information content (AvgIpc) is 2.41. The number of benzene rings is 2. The van der Waals surface area contributed by atoms with Crippen LogP contribution >= 0.6 is 7.82 Å². The molecule has 0 saturated carbocycles. The maximum Gasteiger partial charge on any atom is 0.466 e. The molecular weight excluding hydrogens is 339 g/mol. The number of rotatable bonds is 3. The maximum absolute atomic E-state index is 8.88. The first kappa shape index (κ1) is 21.5. The standard InChI is InChI=1S/C18H24N2.H3O4P/c1-11-5-12(2)8-15(7-11)17(19)18(20)16-9-13(3)6-14(4)10-16;1-5(2,3)4/h5-10,17-18H,19-20H2,1-4H3;(H3,1,2,3,4). The summed E-state index contributed by atoms with van der Waals surface area (Å²) < 4.78 is 8.88. The van der Waals surface area contributed by atoms with E-state index in [1.807, 2.05) is 0 Å². The topological polar surface area (TPSA) is 130 Å². The molecule has 0 spiro atoms. The molecule has 2 unspecified atom stereocenters. The van der Waals surface area contributed by atoms with Gasteiger partial charge in [0.15, 0.2) is 0 Å². The van der Waals surface area contributed by atoms with Crippen molar-refractivity contribution in [1.29, 1.82) is 0 Å². The Morgan fingerprint density at radius 2 is 0.880 bits per heavy atom. The average molecular weight is 366 g/mol. The Bertz CT molecular complexity index is 669. The molecule has 0 aromatic heterocycles. The first-order valence-electron chi connectivity index (χ1n) is 7.82. The number of hydrogen-bond acceptors (Lipinski definition) is 3. The lowest BCUT2D eigenvalue weighted by Gasteiger charge is -2.22. The molecule has 138 valence electrons. The van der Waals surface area contributed by atoms with Crippen molar-refractivity contribution < 1.29 is 19.2 Å². The Labute approximate surface area is 148 Å². The van der Waals surface area contributed by atoms with E-state index in [2.05, 4.69) is 64.1 Å². The molecule has 2 aromatic rings. The van der Waals surface area contributed by atoms with Gasteiger partial charge in [0.1, 0.15) is 0 Å². The summed E-state index contributed by atoms with van der Waals surface area (Å²) in [6, 6.07) is 12.4. The van der Waals surface area contributed by atoms with Crippen molar-refractivity contribution in [3.63, 3.8) is 0 Å². The number of aryl methyl sites for hydroxylation is 4. The summed E-state index contributed by atoms with van der Waals surface area (Å²) >= 11 is 0. The SMILES string of the molecule is Cc1cc(C)cc(C(N)C(N)c2cc(C)cc(C)c2)c1.O=P(O)(O)O. The normalized spacial score (nSPS) is 13.6. The van der Waals surface area contributed by atoms with Gasteiger partial charge in [0.05, 0.1) is 0 Å². The van der Waals surface area contributed by atoms with Crippen molar-refractivity contribution in [2.45, 2.75) is 39.8 Å². The molecule has 0 aliphatic heterocycles. The molecule has 2 aromatic carbocycles. The van der Waals surface area contributed by atoms with Crippen LogP contribution in [-0.2, 0) is 4.57 Å². The minimum Gasteiger partial charge on any atom is -0.322 e. The Morgan fingerprint density at radius 3 is 1.08 bits per heavy atom. The highest BCUT2D eigenvalue weighted by Gasteiger charge is 2.18. The van der Waals surface area contributed by atoms with Crippen LogP contribution in [0.4, 0.5) is 0 Å². The molecule has 0 aliphatic rings. The van der Waals surface area contributed by atoms with Gasteiger partial charge in [-0.3, -0.25) is 0 Å². The first-order chi connectivity index (χ1) is 11.4. The van der Waals surface area contributed by atoms with Crippen molar-refractivity contribution in [3.05, 3.63) is 69.8 Å². The second kappa shape index (κ2) is 8.72. The molecule has 0 amide bonds. The molecule has 7 N–H and O–H groups in total. The van der Waals surface area contributed by atoms with Gasteiger partial charge in [-0.15, -0.1) is 0 Å². The molecule has 0 radical (unpaired) electrons. The molecule has 0 fully saturated rings. The third-order valence-corrected chi connectivity index (χ3v) is 3.64. The first-order valence-corrected chi connectivity index (χ1v) is 9.39. The Balaban J connectivity index is 0.000000550. The van der Waals surface area contributed by atoms with Gasteiger partial charge in [-0.1, -0.05) is 58.7 Å². The fourth-order valence-corrected chi connectivity index (χ4v) is 2.82. The van der Waals surface area contributed by atoms with Gasteiger partial charge < -0.3 is 26.1 Å². The van der Waals surface area contributed by atoms with Crippen LogP contribution in [0, 0.1) is 27.7 Å². The monoisotopic (exact) mass is 366 g/mol. The van der Waals surface area contributed by atoms with Gasteiger partial charge in [0.2, 0.25) is 0 Å². The molecule has 7 heteroatoms. The fraction of sp³-hybridized carbons (Fsp3) is 0.333. The van der Waals surface area contributed by atoms with Crippen LogP contribution in [0.25, 0.3) is 0 Å². The van der Waals surface area contributed by atoms with E-state index in [0.717, 1.165) is 11.1 Å². The summed E-state index contributed by atoms with van der Waals surface area (Å²) in [6.07, 6.45) is 0. The molecule has 6 nitrogen and oxygen atoms in total. The zero-order chi connectivity index (χ0) is 19.4. The van der Waals surface area contributed by atoms with Crippen molar-refractivity contribution in [3.8, 4) is 0 Å².